The van der Waals surface area contributed by atoms with Crippen LogP contribution in [0.3, 0.4) is 0 Å². The minimum absolute atomic E-state index is 0.199. The standard InChI is InChI=1S/C12H16FNO3/c1-7(15)10-5-4-9(6-11(10)13)17-8(2)12(16)14-3/h4-8,15H,1-3H3,(H,14,16). The van der Waals surface area contributed by atoms with Gasteiger partial charge >= 0.3 is 0 Å². The van der Waals surface area contributed by atoms with Crippen LogP contribution in [0.4, 0.5) is 4.39 Å². The van der Waals surface area contributed by atoms with Crippen LogP contribution in [0.1, 0.15) is 25.5 Å². The first-order chi connectivity index (χ1) is 7.95. The normalized spacial score (nSPS) is 13.9. The van der Waals surface area contributed by atoms with Gasteiger partial charge in [-0.15, -0.1) is 0 Å². The second-order valence-corrected chi connectivity index (χ2v) is 3.73. The minimum Gasteiger partial charge on any atom is -0.481 e. The number of carbonyl (C=O) groups excluding carboxylic acids is 1. The van der Waals surface area contributed by atoms with Crippen LogP contribution in [-0.2, 0) is 4.79 Å². The van der Waals surface area contributed by atoms with Gasteiger partial charge in [0.25, 0.3) is 5.91 Å². The summed E-state index contributed by atoms with van der Waals surface area (Å²) in [5.74, 6) is -0.588. The molecule has 0 heterocycles. The second kappa shape index (κ2) is 5.63. The average molecular weight is 241 g/mol. The van der Waals surface area contributed by atoms with Gasteiger partial charge in [0, 0.05) is 18.7 Å². The lowest BCUT2D eigenvalue weighted by atomic mass is 10.1. The van der Waals surface area contributed by atoms with E-state index in [1.165, 1.54) is 26.1 Å². The lowest BCUT2D eigenvalue weighted by Gasteiger charge is -2.14. The lowest BCUT2D eigenvalue weighted by molar-refractivity contribution is -0.126. The van der Waals surface area contributed by atoms with Gasteiger partial charge in [-0.1, -0.05) is 0 Å². The van der Waals surface area contributed by atoms with Crippen molar-refractivity contribution in [2.75, 3.05) is 7.05 Å². The molecule has 1 amide bonds. The Morgan fingerprint density at radius 3 is 2.59 bits per heavy atom. The van der Waals surface area contributed by atoms with E-state index in [9.17, 15) is 14.3 Å². The predicted octanol–water partition coefficient (Wildman–Crippen LogP) is 1.39. The van der Waals surface area contributed by atoms with Crippen LogP contribution in [0.25, 0.3) is 0 Å². The number of aliphatic hydroxyl groups excluding tert-OH is 1. The third kappa shape index (κ3) is 3.42. The molecule has 0 saturated carbocycles. The second-order valence-electron chi connectivity index (χ2n) is 3.73. The molecule has 0 aliphatic heterocycles. The van der Waals surface area contributed by atoms with E-state index in [0.717, 1.165) is 6.07 Å². The number of carbonyl (C=O) groups is 1. The Morgan fingerprint density at radius 1 is 1.47 bits per heavy atom. The van der Waals surface area contributed by atoms with E-state index in [1.54, 1.807) is 6.92 Å². The maximum Gasteiger partial charge on any atom is 0.260 e. The van der Waals surface area contributed by atoms with Crippen molar-refractivity contribution >= 4 is 5.91 Å². The molecule has 0 aliphatic carbocycles. The number of aliphatic hydroxyl groups is 1. The maximum absolute atomic E-state index is 13.5. The van der Waals surface area contributed by atoms with E-state index in [-0.39, 0.29) is 17.2 Å². The summed E-state index contributed by atoms with van der Waals surface area (Å²) in [6.07, 6.45) is -1.57. The van der Waals surface area contributed by atoms with Crippen LogP contribution in [0, 0.1) is 5.82 Å². The van der Waals surface area contributed by atoms with Gasteiger partial charge in [-0.25, -0.2) is 4.39 Å². The highest BCUT2D eigenvalue weighted by atomic mass is 19.1. The SMILES string of the molecule is CNC(=O)C(C)Oc1ccc(C(C)O)c(F)c1. The zero-order valence-corrected chi connectivity index (χ0v) is 10.0. The van der Waals surface area contributed by atoms with Crippen molar-refractivity contribution in [1.82, 2.24) is 5.32 Å². The summed E-state index contributed by atoms with van der Waals surface area (Å²) in [6, 6.07) is 4.11. The number of amides is 1. The van der Waals surface area contributed by atoms with Crippen molar-refractivity contribution in [3.8, 4) is 5.75 Å². The Kier molecular flexibility index (Phi) is 4.45. The number of likely N-dealkylation sites (N-methyl/N-ethyl adjacent to an activating group) is 1. The zero-order chi connectivity index (χ0) is 13.0. The Balaban J connectivity index is 2.81. The van der Waals surface area contributed by atoms with E-state index in [4.69, 9.17) is 4.74 Å². The molecule has 2 atom stereocenters. The van der Waals surface area contributed by atoms with Gasteiger partial charge in [0.05, 0.1) is 6.10 Å². The molecule has 4 nitrogen and oxygen atoms in total. The predicted molar refractivity (Wildman–Crippen MR) is 61.2 cm³/mol. The molecule has 0 radical (unpaired) electrons. The van der Waals surface area contributed by atoms with Gasteiger partial charge in [-0.2, -0.15) is 0 Å². The summed E-state index contributed by atoms with van der Waals surface area (Å²) >= 11 is 0. The first-order valence-corrected chi connectivity index (χ1v) is 5.31. The quantitative estimate of drug-likeness (QED) is 0.837. The number of hydrogen-bond donors (Lipinski definition) is 2. The summed E-state index contributed by atoms with van der Waals surface area (Å²) in [7, 11) is 1.50. The van der Waals surface area contributed by atoms with Gasteiger partial charge in [0.2, 0.25) is 0 Å². The monoisotopic (exact) mass is 241 g/mol. The summed E-state index contributed by atoms with van der Waals surface area (Å²) in [6.45, 7) is 3.05. The molecule has 94 valence electrons. The third-order valence-electron chi connectivity index (χ3n) is 2.35. The Bertz CT molecular complexity index is 407. The van der Waals surface area contributed by atoms with Crippen LogP contribution in [0.15, 0.2) is 18.2 Å². The van der Waals surface area contributed by atoms with Crippen molar-refractivity contribution in [1.29, 1.82) is 0 Å². The van der Waals surface area contributed by atoms with Crippen LogP contribution in [0.5, 0.6) is 5.75 Å². The van der Waals surface area contributed by atoms with Gasteiger partial charge in [0.15, 0.2) is 6.10 Å². The summed E-state index contributed by atoms with van der Waals surface area (Å²) in [5.41, 5.74) is 0.199. The molecule has 0 bridgehead atoms. The van der Waals surface area contributed by atoms with E-state index in [2.05, 4.69) is 5.32 Å². The minimum atomic E-state index is -0.875. The molecular formula is C12H16FNO3. The average Bonchev–Trinajstić information content (AvgIpc) is 2.27. The summed E-state index contributed by atoms with van der Waals surface area (Å²) in [5, 5.41) is 11.7. The van der Waals surface area contributed by atoms with Gasteiger partial charge in [-0.3, -0.25) is 4.79 Å². The van der Waals surface area contributed by atoms with Gasteiger partial charge in [-0.05, 0) is 26.0 Å². The summed E-state index contributed by atoms with van der Waals surface area (Å²) in [4.78, 5) is 11.2. The van der Waals surface area contributed by atoms with Crippen molar-refractivity contribution in [2.45, 2.75) is 26.1 Å². The molecule has 1 aromatic rings. The molecule has 0 aliphatic rings. The van der Waals surface area contributed by atoms with Crippen LogP contribution >= 0.6 is 0 Å². The van der Waals surface area contributed by atoms with Crippen LogP contribution < -0.4 is 10.1 Å². The molecule has 5 heteroatoms. The van der Waals surface area contributed by atoms with Crippen LogP contribution in [0.2, 0.25) is 0 Å². The molecule has 17 heavy (non-hydrogen) atoms. The first kappa shape index (κ1) is 13.4. The largest absolute Gasteiger partial charge is 0.481 e. The van der Waals surface area contributed by atoms with E-state index < -0.39 is 18.0 Å². The highest BCUT2D eigenvalue weighted by Gasteiger charge is 2.14. The van der Waals surface area contributed by atoms with E-state index in [0.29, 0.717) is 0 Å². The Labute approximate surface area is 99.4 Å². The number of rotatable bonds is 4. The lowest BCUT2D eigenvalue weighted by Crippen LogP contribution is -2.33. The van der Waals surface area contributed by atoms with Gasteiger partial charge < -0.3 is 15.2 Å². The topological polar surface area (TPSA) is 58.6 Å². The molecule has 1 rings (SSSR count). The van der Waals surface area contributed by atoms with E-state index >= 15 is 0 Å². The molecule has 2 N–H and O–H groups in total. The van der Waals surface area contributed by atoms with Crippen LogP contribution in [-0.4, -0.2) is 24.2 Å². The molecular weight excluding hydrogens is 225 g/mol. The molecule has 0 saturated heterocycles. The van der Waals surface area contributed by atoms with Crippen molar-refractivity contribution in [3.05, 3.63) is 29.6 Å². The smallest absolute Gasteiger partial charge is 0.260 e. The van der Waals surface area contributed by atoms with Gasteiger partial charge in [0.1, 0.15) is 11.6 Å². The number of nitrogens with one attached hydrogen (secondary N) is 1. The fourth-order valence-electron chi connectivity index (χ4n) is 1.38. The molecule has 0 spiro atoms. The number of halogens is 1. The molecule has 2 unspecified atom stereocenters. The summed E-state index contributed by atoms with van der Waals surface area (Å²) < 4.78 is 18.7. The fraction of sp³-hybridized carbons (Fsp3) is 0.417. The Morgan fingerprint density at radius 2 is 2.12 bits per heavy atom. The molecule has 0 fully saturated rings. The zero-order valence-electron chi connectivity index (χ0n) is 10.0. The highest BCUT2D eigenvalue weighted by Crippen LogP contribution is 2.22. The van der Waals surface area contributed by atoms with E-state index in [1.807, 2.05) is 0 Å². The number of benzene rings is 1. The highest BCUT2D eigenvalue weighted by molar-refractivity contribution is 5.80. The van der Waals surface area contributed by atoms with Crippen molar-refractivity contribution in [3.63, 3.8) is 0 Å². The third-order valence-corrected chi connectivity index (χ3v) is 2.35. The maximum atomic E-state index is 13.5. The van der Waals surface area contributed by atoms with Crippen molar-refractivity contribution in [2.24, 2.45) is 0 Å². The van der Waals surface area contributed by atoms with Crippen molar-refractivity contribution < 1.29 is 19.0 Å². The fourth-order valence-corrected chi connectivity index (χ4v) is 1.38. The Hall–Kier alpha value is -1.62. The first-order valence-electron chi connectivity index (χ1n) is 5.31. The molecule has 1 aromatic carbocycles. The number of ether oxygens (including phenoxy) is 1. The number of hydrogen-bond acceptors (Lipinski definition) is 3. The molecule has 0 aromatic heterocycles.